The van der Waals surface area contributed by atoms with Crippen LogP contribution >= 0.6 is 21.6 Å². The largest absolute Gasteiger partial charge is 0.508 e. The molecule has 2 heterocycles. The van der Waals surface area contributed by atoms with E-state index in [0.29, 0.717) is 35.8 Å². The zero-order chi connectivity index (χ0) is 48.5. The predicted molar refractivity (Wildman–Crippen MR) is 276 cm³/mol. The number of hydrogen-bond donors (Lipinski definition) is 8. The number of aliphatic hydroxyl groups is 2. The Morgan fingerprint density at radius 1 is 0.957 bits per heavy atom. The first kappa shape index (κ1) is 48.4. The number of aromatic hydroxyl groups is 3. The second-order valence-corrected chi connectivity index (χ2v) is 21.4. The number of H-pyrrole nitrogens is 1. The second kappa shape index (κ2) is 20.4. The van der Waals surface area contributed by atoms with E-state index in [9.17, 15) is 25.5 Å². The summed E-state index contributed by atoms with van der Waals surface area (Å²) in [6.45, 7) is 4.68. The molecule has 0 fully saturated rings. The van der Waals surface area contributed by atoms with E-state index in [1.54, 1.807) is 38.3 Å². The number of carbonyl (C=O) groups is 1. The number of aliphatic hydroxyl groups excluding tert-OH is 1. The first-order valence-electron chi connectivity index (χ1n) is 23.6. The number of hydrogen-bond acceptors (Lipinski definition) is 12. The monoisotopic (exact) mass is 967 g/mol. The van der Waals surface area contributed by atoms with E-state index in [1.165, 1.54) is 27.2 Å². The van der Waals surface area contributed by atoms with Gasteiger partial charge in [-0.3, -0.25) is 10.1 Å². The van der Waals surface area contributed by atoms with Crippen LogP contribution < -0.4 is 20.1 Å². The molecule has 2 aliphatic carbocycles. The molecular formula is C56H61N3O8S2. The number of allylic oxidation sites excluding steroid dienone is 3. The van der Waals surface area contributed by atoms with Gasteiger partial charge >= 0.3 is 0 Å². The number of β-amino-alcohol motifs (C(OH)–C–C–N with tert-alkyl or cyclic N) is 1. The molecule has 0 saturated carbocycles. The van der Waals surface area contributed by atoms with Gasteiger partial charge in [-0.1, -0.05) is 107 Å². The minimum Gasteiger partial charge on any atom is -0.508 e. The summed E-state index contributed by atoms with van der Waals surface area (Å²) in [5.41, 5.74) is 5.41. The lowest BCUT2D eigenvalue weighted by Crippen LogP contribution is -2.41. The van der Waals surface area contributed by atoms with Gasteiger partial charge in [0.1, 0.15) is 18.3 Å². The number of carbonyl (C=O) groups excluding carboxylic acids is 1. The molecule has 0 saturated heterocycles. The van der Waals surface area contributed by atoms with Gasteiger partial charge < -0.3 is 45.3 Å². The lowest BCUT2D eigenvalue weighted by atomic mass is 9.67. The SMILES string of the molecule is CCc1ccc2ccccc2c1[C@@H]1C=C[C@H]([C@H](Cc2cc[nH]c2)[C@H](O)CC(=O)[C@]2(c3cc(O)cc(CNC)c3)C=C[C@@H]3SSC[C@](C)(O)CNCOc4c(O)ccc(c43)C2)c2ccc(O)c(OC)c21. The van der Waals surface area contributed by atoms with Crippen molar-refractivity contribution in [2.45, 2.75) is 80.3 Å². The van der Waals surface area contributed by atoms with E-state index >= 15 is 4.79 Å². The molecule has 6 aromatic rings. The fraction of sp³-hybridized carbons (Fsp3) is 0.339. The van der Waals surface area contributed by atoms with E-state index in [-0.39, 0.29) is 55.1 Å². The van der Waals surface area contributed by atoms with E-state index in [4.69, 9.17) is 9.47 Å². The third kappa shape index (κ3) is 9.65. The van der Waals surface area contributed by atoms with Gasteiger partial charge in [0.2, 0.25) is 0 Å². The van der Waals surface area contributed by atoms with Gasteiger partial charge in [-0.15, -0.1) is 0 Å². The molecule has 13 heteroatoms. The summed E-state index contributed by atoms with van der Waals surface area (Å²) in [6, 6.07) is 26.9. The van der Waals surface area contributed by atoms with Crippen molar-refractivity contribution in [2.24, 2.45) is 5.92 Å². The van der Waals surface area contributed by atoms with Crippen LogP contribution in [0.3, 0.4) is 0 Å². The van der Waals surface area contributed by atoms with Crippen molar-refractivity contribution in [2.75, 3.05) is 33.2 Å². The van der Waals surface area contributed by atoms with Crippen LogP contribution in [0.1, 0.15) is 87.4 Å². The van der Waals surface area contributed by atoms with Crippen molar-refractivity contribution in [3.05, 3.63) is 172 Å². The number of phenolic OH excluding ortho intramolecular Hbond substituents is 3. The first-order chi connectivity index (χ1) is 33.3. The summed E-state index contributed by atoms with van der Waals surface area (Å²) in [7, 11) is 6.41. The minimum atomic E-state index is -1.39. The summed E-state index contributed by atoms with van der Waals surface area (Å²) < 4.78 is 12.3. The lowest BCUT2D eigenvalue weighted by molar-refractivity contribution is -0.125. The molecule has 1 aliphatic heterocycles. The molecule has 11 nitrogen and oxygen atoms in total. The van der Waals surface area contributed by atoms with Crippen molar-refractivity contribution in [3.8, 4) is 28.7 Å². The van der Waals surface area contributed by atoms with Gasteiger partial charge in [-0.25, -0.2) is 0 Å². The number of aromatic nitrogens is 1. The van der Waals surface area contributed by atoms with Crippen LogP contribution in [0.4, 0.5) is 0 Å². The number of aromatic amines is 1. The molecule has 0 unspecified atom stereocenters. The van der Waals surface area contributed by atoms with Crippen molar-refractivity contribution < 1.29 is 39.8 Å². The molecule has 1 aromatic heterocycles. The highest BCUT2D eigenvalue weighted by Crippen LogP contribution is 2.54. The predicted octanol–water partition coefficient (Wildman–Crippen LogP) is 9.40. The third-order valence-corrected chi connectivity index (χ3v) is 17.0. The number of phenols is 3. The van der Waals surface area contributed by atoms with Gasteiger partial charge in [-0.2, -0.15) is 0 Å². The molecule has 0 spiro atoms. The molecule has 360 valence electrons. The fourth-order valence-corrected chi connectivity index (χ4v) is 13.8. The molecule has 8 N–H and O–H groups in total. The second-order valence-electron chi connectivity index (χ2n) is 18.9. The number of Topliss-reactive ketones (excluding diaryl/α,β-unsaturated/α-hetero) is 1. The Balaban J connectivity index is 1.16. The van der Waals surface area contributed by atoms with E-state index < -0.39 is 34.2 Å². The highest BCUT2D eigenvalue weighted by Gasteiger charge is 2.45. The number of aryl methyl sites for hydroxylation is 1. The van der Waals surface area contributed by atoms with Crippen LogP contribution in [0.5, 0.6) is 28.7 Å². The summed E-state index contributed by atoms with van der Waals surface area (Å²) in [4.78, 5) is 19.1. The number of benzene rings is 5. The number of ketones is 1. The fourth-order valence-electron chi connectivity index (χ4n) is 10.8. The van der Waals surface area contributed by atoms with Crippen molar-refractivity contribution in [3.63, 3.8) is 0 Å². The summed E-state index contributed by atoms with van der Waals surface area (Å²) in [6.07, 6.45) is 11.9. The number of rotatable bonds is 13. The van der Waals surface area contributed by atoms with Gasteiger partial charge in [-0.05, 0) is 119 Å². The van der Waals surface area contributed by atoms with Crippen LogP contribution in [0.15, 0.2) is 122 Å². The average Bonchev–Trinajstić information content (AvgIpc) is 3.79. The van der Waals surface area contributed by atoms with E-state index in [0.717, 1.165) is 56.1 Å². The molecular weight excluding hydrogens is 907 g/mol. The van der Waals surface area contributed by atoms with Crippen molar-refractivity contribution in [1.82, 2.24) is 15.6 Å². The number of fused-ring (bicyclic) bond motifs is 2. The molecule has 69 heavy (non-hydrogen) atoms. The summed E-state index contributed by atoms with van der Waals surface area (Å²) in [5, 5.41) is 66.3. The zero-order valence-electron chi connectivity index (χ0n) is 39.4. The average molecular weight is 968 g/mol. The van der Waals surface area contributed by atoms with Gasteiger partial charge in [0, 0.05) is 60.6 Å². The maximum Gasteiger partial charge on any atom is 0.167 e. The Bertz CT molecular complexity index is 2900. The van der Waals surface area contributed by atoms with Gasteiger partial charge in [0.25, 0.3) is 0 Å². The Hall–Kier alpha value is -5.67. The molecule has 0 bridgehead atoms. The van der Waals surface area contributed by atoms with Crippen LogP contribution in [0.2, 0.25) is 0 Å². The van der Waals surface area contributed by atoms with Crippen LogP contribution in [0.25, 0.3) is 10.8 Å². The maximum atomic E-state index is 15.9. The normalized spacial score (nSPS) is 23.2. The van der Waals surface area contributed by atoms with E-state index in [1.807, 2.05) is 68.0 Å². The Kier molecular flexibility index (Phi) is 14.3. The molecule has 0 radical (unpaired) electrons. The van der Waals surface area contributed by atoms with Gasteiger partial charge in [0.15, 0.2) is 23.0 Å². The summed E-state index contributed by atoms with van der Waals surface area (Å²) >= 11 is 0. The Labute approximate surface area is 411 Å². The number of methoxy groups -OCH3 is 1. The van der Waals surface area contributed by atoms with Crippen LogP contribution in [0, 0.1) is 5.92 Å². The topological polar surface area (TPSA) is 177 Å². The number of nitrogens with one attached hydrogen (secondary N) is 3. The highest BCUT2D eigenvalue weighted by atomic mass is 33.1. The minimum absolute atomic E-state index is 0.00784. The van der Waals surface area contributed by atoms with Crippen molar-refractivity contribution in [1.29, 1.82) is 0 Å². The standard InChI is InChI=1S/C56H61N3O8S2/c1-5-35-10-11-36-8-6-7-9-40(36)50(35)43-14-13-41(42-15-17-45(61)53(66-4)52(42)43)44(24-33-19-21-58-29-33)47(63)26-49(64)56(38-22-34(28-57-3)23-39(60)25-38)20-18-48-51-37(27-56)12-16-46(62)54(51)67-32-59-30-55(2,65)31-68-69-48/h6-23,25,29,41,43-44,47-48,57-63,65H,5,24,26-28,30-32H2,1-4H3/t41-,43-,44-,47+,48-,55+,56+/m0/s1. The first-order valence-corrected chi connectivity index (χ1v) is 26.0. The quantitative estimate of drug-likeness (QED) is 0.0407. The van der Waals surface area contributed by atoms with E-state index in [2.05, 4.69) is 59.0 Å². The smallest absolute Gasteiger partial charge is 0.167 e. The lowest BCUT2D eigenvalue weighted by Gasteiger charge is -2.37. The van der Waals surface area contributed by atoms with Crippen LogP contribution in [-0.4, -0.2) is 81.2 Å². The van der Waals surface area contributed by atoms with Gasteiger partial charge in [0.05, 0.1) is 29.5 Å². The highest BCUT2D eigenvalue weighted by molar-refractivity contribution is 8.76. The summed E-state index contributed by atoms with van der Waals surface area (Å²) in [5.74, 6) is -0.399. The number of ether oxygens (including phenoxy) is 2. The Morgan fingerprint density at radius 2 is 1.78 bits per heavy atom. The van der Waals surface area contributed by atoms with Crippen molar-refractivity contribution >= 4 is 38.1 Å². The molecule has 9 rings (SSSR count). The maximum absolute atomic E-state index is 15.9. The molecule has 3 aliphatic rings. The molecule has 7 atom stereocenters. The molecule has 5 aromatic carbocycles. The molecule has 0 amide bonds. The zero-order valence-corrected chi connectivity index (χ0v) is 41.0. The third-order valence-electron chi connectivity index (χ3n) is 14.1. The van der Waals surface area contributed by atoms with Crippen LogP contribution in [-0.2, 0) is 36.0 Å². The Morgan fingerprint density at radius 3 is 2.57 bits per heavy atom.